The van der Waals surface area contributed by atoms with Crippen molar-refractivity contribution < 1.29 is 4.79 Å². The number of hydrogen-bond acceptors (Lipinski definition) is 4. The molecule has 0 atom stereocenters. The standard InChI is InChI=1S/C31H25N3OS/c35-31(32-30(25-14-6-2-7-15-25)26-16-8-3-9-17-26)27-18-10-11-23(21-27)22-36-29-20-19-28(33-34-29)24-12-4-1-5-13-24/h1-21,30H,22H2,(H,32,35). The topological polar surface area (TPSA) is 54.9 Å². The lowest BCUT2D eigenvalue weighted by molar-refractivity contribution is 0.0943. The van der Waals surface area contributed by atoms with Gasteiger partial charge in [-0.3, -0.25) is 4.79 Å². The Morgan fingerprint density at radius 1 is 0.694 bits per heavy atom. The Balaban J connectivity index is 1.27. The van der Waals surface area contributed by atoms with E-state index in [0.717, 1.165) is 33.0 Å². The van der Waals surface area contributed by atoms with Crippen LogP contribution < -0.4 is 5.32 Å². The van der Waals surface area contributed by atoms with Gasteiger partial charge in [-0.2, -0.15) is 0 Å². The molecule has 4 aromatic carbocycles. The molecule has 0 unspecified atom stereocenters. The summed E-state index contributed by atoms with van der Waals surface area (Å²) in [4.78, 5) is 13.3. The van der Waals surface area contributed by atoms with Gasteiger partial charge in [0.1, 0.15) is 5.03 Å². The number of nitrogens with one attached hydrogen (secondary N) is 1. The van der Waals surface area contributed by atoms with E-state index in [1.54, 1.807) is 11.8 Å². The van der Waals surface area contributed by atoms with Gasteiger partial charge in [0.2, 0.25) is 0 Å². The molecule has 5 rings (SSSR count). The summed E-state index contributed by atoms with van der Waals surface area (Å²) in [6.45, 7) is 0. The van der Waals surface area contributed by atoms with E-state index >= 15 is 0 Å². The number of thioether (sulfide) groups is 1. The summed E-state index contributed by atoms with van der Waals surface area (Å²) in [7, 11) is 0. The van der Waals surface area contributed by atoms with Gasteiger partial charge in [0.25, 0.3) is 5.91 Å². The fourth-order valence-corrected chi connectivity index (χ4v) is 4.74. The van der Waals surface area contributed by atoms with Crippen LogP contribution in [-0.4, -0.2) is 16.1 Å². The molecule has 0 bridgehead atoms. The third kappa shape index (κ3) is 5.88. The molecule has 0 aliphatic rings. The predicted octanol–water partition coefficient (Wildman–Crippen LogP) is 6.96. The van der Waals surface area contributed by atoms with E-state index in [9.17, 15) is 4.79 Å². The molecular formula is C31H25N3OS. The maximum atomic E-state index is 13.3. The van der Waals surface area contributed by atoms with Gasteiger partial charge in [0.15, 0.2) is 0 Å². The minimum absolute atomic E-state index is 0.105. The minimum Gasteiger partial charge on any atom is -0.341 e. The predicted molar refractivity (Wildman–Crippen MR) is 146 cm³/mol. The second kappa shape index (κ2) is 11.5. The molecular weight excluding hydrogens is 462 g/mol. The van der Waals surface area contributed by atoms with Crippen LogP contribution in [0.25, 0.3) is 11.3 Å². The van der Waals surface area contributed by atoms with Gasteiger partial charge in [0.05, 0.1) is 11.7 Å². The number of rotatable bonds is 8. The summed E-state index contributed by atoms with van der Waals surface area (Å²) in [6, 6.07) is 41.6. The lowest BCUT2D eigenvalue weighted by Gasteiger charge is -2.20. The number of hydrogen-bond donors (Lipinski definition) is 1. The maximum absolute atomic E-state index is 13.3. The summed E-state index contributed by atoms with van der Waals surface area (Å²) < 4.78 is 0. The first-order valence-electron chi connectivity index (χ1n) is 11.8. The van der Waals surface area contributed by atoms with Crippen molar-refractivity contribution in [1.29, 1.82) is 0 Å². The van der Waals surface area contributed by atoms with E-state index in [1.165, 1.54) is 0 Å². The van der Waals surface area contributed by atoms with Crippen molar-refractivity contribution in [2.75, 3.05) is 0 Å². The number of carbonyl (C=O) groups excluding carboxylic acids is 1. The highest BCUT2D eigenvalue weighted by Crippen LogP contribution is 2.25. The molecule has 1 aromatic heterocycles. The van der Waals surface area contributed by atoms with E-state index in [-0.39, 0.29) is 11.9 Å². The molecule has 0 aliphatic carbocycles. The monoisotopic (exact) mass is 487 g/mol. The Hall–Kier alpha value is -4.22. The first kappa shape index (κ1) is 23.5. The minimum atomic E-state index is -0.226. The van der Waals surface area contributed by atoms with Crippen LogP contribution in [0.5, 0.6) is 0 Å². The normalized spacial score (nSPS) is 10.8. The van der Waals surface area contributed by atoms with E-state index < -0.39 is 0 Å². The molecule has 0 fully saturated rings. The average molecular weight is 488 g/mol. The van der Waals surface area contributed by atoms with Gasteiger partial charge in [-0.25, -0.2) is 0 Å². The van der Waals surface area contributed by atoms with Crippen molar-refractivity contribution in [2.24, 2.45) is 0 Å². The SMILES string of the molecule is O=C(NC(c1ccccc1)c1ccccc1)c1cccc(CSc2ccc(-c3ccccc3)nn2)c1. The lowest BCUT2D eigenvalue weighted by atomic mass is 9.98. The van der Waals surface area contributed by atoms with Crippen LogP contribution in [0.4, 0.5) is 0 Å². The molecule has 5 heteroatoms. The molecule has 0 radical (unpaired) electrons. The van der Waals surface area contributed by atoms with E-state index in [4.69, 9.17) is 0 Å². The van der Waals surface area contributed by atoms with Gasteiger partial charge >= 0.3 is 0 Å². The first-order valence-corrected chi connectivity index (χ1v) is 12.8. The highest BCUT2D eigenvalue weighted by molar-refractivity contribution is 7.98. The molecule has 0 saturated carbocycles. The van der Waals surface area contributed by atoms with Crippen LogP contribution in [0, 0.1) is 0 Å². The van der Waals surface area contributed by atoms with Crippen molar-refractivity contribution in [3.63, 3.8) is 0 Å². The number of benzene rings is 4. The summed E-state index contributed by atoms with van der Waals surface area (Å²) in [5.74, 6) is 0.591. The first-order chi connectivity index (χ1) is 17.8. The molecule has 5 aromatic rings. The molecule has 4 nitrogen and oxygen atoms in total. The highest BCUT2D eigenvalue weighted by atomic mass is 32.2. The summed E-state index contributed by atoms with van der Waals surface area (Å²) >= 11 is 1.60. The number of carbonyl (C=O) groups is 1. The zero-order valence-electron chi connectivity index (χ0n) is 19.6. The van der Waals surface area contributed by atoms with Gasteiger partial charge in [0, 0.05) is 16.9 Å². The van der Waals surface area contributed by atoms with Crippen LogP contribution in [0.15, 0.2) is 132 Å². The van der Waals surface area contributed by atoms with Crippen LogP contribution >= 0.6 is 11.8 Å². The Labute approximate surface area is 215 Å². The third-order valence-corrected chi connectivity index (χ3v) is 6.82. The fourth-order valence-electron chi connectivity index (χ4n) is 3.98. The van der Waals surface area contributed by atoms with Crippen molar-refractivity contribution in [3.05, 3.63) is 150 Å². The molecule has 1 heterocycles. The van der Waals surface area contributed by atoms with Crippen molar-refractivity contribution in [3.8, 4) is 11.3 Å². The zero-order valence-corrected chi connectivity index (χ0v) is 20.4. The average Bonchev–Trinajstić information content (AvgIpc) is 2.96. The summed E-state index contributed by atoms with van der Waals surface area (Å²) in [5.41, 5.74) is 5.67. The second-order valence-corrected chi connectivity index (χ2v) is 9.34. The Morgan fingerprint density at radius 2 is 1.33 bits per heavy atom. The third-order valence-electron chi connectivity index (χ3n) is 5.83. The van der Waals surface area contributed by atoms with E-state index in [2.05, 4.69) is 15.5 Å². The van der Waals surface area contributed by atoms with Crippen molar-refractivity contribution in [1.82, 2.24) is 15.5 Å². The van der Waals surface area contributed by atoms with E-state index in [1.807, 2.05) is 127 Å². The number of amides is 1. The van der Waals surface area contributed by atoms with Crippen LogP contribution in [0.2, 0.25) is 0 Å². The van der Waals surface area contributed by atoms with Gasteiger partial charge in [-0.1, -0.05) is 115 Å². The van der Waals surface area contributed by atoms with Crippen molar-refractivity contribution in [2.45, 2.75) is 16.8 Å². The van der Waals surface area contributed by atoms with Gasteiger partial charge < -0.3 is 5.32 Å². The molecule has 0 spiro atoms. The van der Waals surface area contributed by atoms with Crippen LogP contribution in [0.1, 0.15) is 33.1 Å². The van der Waals surface area contributed by atoms with Crippen LogP contribution in [0.3, 0.4) is 0 Å². The lowest BCUT2D eigenvalue weighted by Crippen LogP contribution is -2.29. The van der Waals surface area contributed by atoms with E-state index in [0.29, 0.717) is 11.3 Å². The Morgan fingerprint density at radius 3 is 1.94 bits per heavy atom. The smallest absolute Gasteiger partial charge is 0.252 e. The Bertz CT molecular complexity index is 1370. The largest absolute Gasteiger partial charge is 0.341 e. The van der Waals surface area contributed by atoms with Crippen molar-refractivity contribution >= 4 is 17.7 Å². The quantitative estimate of drug-likeness (QED) is 0.241. The van der Waals surface area contributed by atoms with Gasteiger partial charge in [-0.15, -0.1) is 10.2 Å². The van der Waals surface area contributed by atoms with Crippen LogP contribution in [-0.2, 0) is 5.75 Å². The molecule has 36 heavy (non-hydrogen) atoms. The highest BCUT2D eigenvalue weighted by Gasteiger charge is 2.18. The Kier molecular flexibility index (Phi) is 7.49. The molecule has 0 aliphatic heterocycles. The van der Waals surface area contributed by atoms with Gasteiger partial charge in [-0.05, 0) is 41.0 Å². The summed E-state index contributed by atoms with van der Waals surface area (Å²) in [5, 5.41) is 12.8. The molecule has 0 saturated heterocycles. The molecule has 1 amide bonds. The fraction of sp³-hybridized carbons (Fsp3) is 0.0645. The number of nitrogens with zero attached hydrogens (tertiary/aromatic N) is 2. The zero-order chi connectivity index (χ0) is 24.6. The second-order valence-electron chi connectivity index (χ2n) is 8.34. The molecule has 176 valence electrons. The summed E-state index contributed by atoms with van der Waals surface area (Å²) in [6.07, 6.45) is 0. The number of aromatic nitrogens is 2. The molecule has 1 N–H and O–H groups in total. The maximum Gasteiger partial charge on any atom is 0.252 e.